The van der Waals surface area contributed by atoms with Crippen molar-refractivity contribution in [3.63, 3.8) is 0 Å². The molecule has 2 atom stereocenters. The molecule has 0 aliphatic carbocycles. The van der Waals surface area contributed by atoms with Crippen molar-refractivity contribution in [2.45, 2.75) is 6.04 Å². The first-order valence-corrected chi connectivity index (χ1v) is 2.95. The van der Waals surface area contributed by atoms with Gasteiger partial charge in [-0.3, -0.25) is 10.4 Å². The van der Waals surface area contributed by atoms with Crippen molar-refractivity contribution in [2.75, 3.05) is 13.1 Å². The number of nitrogens with one attached hydrogen (secondary N) is 2. The molecule has 1 fully saturated rings. The zero-order valence-corrected chi connectivity index (χ0v) is 4.59. The van der Waals surface area contributed by atoms with Gasteiger partial charge in [-0.2, -0.15) is 0 Å². The van der Waals surface area contributed by atoms with Crippen LogP contribution >= 0.6 is 0 Å². The number of fused-ring (bicyclic) bond motifs is 1. The van der Waals surface area contributed by atoms with E-state index in [1.54, 1.807) is 0 Å². The maximum atomic E-state index is 4.14. The van der Waals surface area contributed by atoms with Crippen molar-refractivity contribution in [2.24, 2.45) is 10.9 Å². The molecule has 2 unspecified atom stereocenters. The number of rotatable bonds is 0. The summed E-state index contributed by atoms with van der Waals surface area (Å²) >= 11 is 0. The first-order chi connectivity index (χ1) is 3.97. The second-order valence-corrected chi connectivity index (χ2v) is 2.33. The highest BCUT2D eigenvalue weighted by Crippen LogP contribution is 2.10. The summed E-state index contributed by atoms with van der Waals surface area (Å²) in [5, 5.41) is 0. The molecule has 1 saturated heterocycles. The van der Waals surface area contributed by atoms with Crippen LogP contribution < -0.4 is 10.9 Å². The molecule has 0 aromatic heterocycles. The van der Waals surface area contributed by atoms with Crippen LogP contribution in [0, 0.1) is 5.92 Å². The number of hydrogen-bond donors (Lipinski definition) is 2. The Bertz CT molecular complexity index is 121. The van der Waals surface area contributed by atoms with Crippen LogP contribution in [0.3, 0.4) is 0 Å². The number of aliphatic imine (C=N–C) groups is 1. The number of nitrogens with zero attached hydrogens (tertiary/aromatic N) is 1. The lowest BCUT2D eigenvalue weighted by molar-refractivity contribution is 0.609. The Balaban J connectivity index is 2.13. The van der Waals surface area contributed by atoms with Gasteiger partial charge in [0.15, 0.2) is 0 Å². The highest BCUT2D eigenvalue weighted by molar-refractivity contribution is 5.67. The molecule has 2 N–H and O–H groups in total. The van der Waals surface area contributed by atoms with Gasteiger partial charge < -0.3 is 0 Å². The fraction of sp³-hybridized carbons (Fsp3) is 0.800. The molecular formula is C5H9N3. The van der Waals surface area contributed by atoms with E-state index in [1.165, 1.54) is 0 Å². The van der Waals surface area contributed by atoms with E-state index in [2.05, 4.69) is 15.8 Å². The molecule has 2 aliphatic rings. The topological polar surface area (TPSA) is 36.4 Å². The zero-order chi connectivity index (χ0) is 5.40. The van der Waals surface area contributed by atoms with E-state index in [0.29, 0.717) is 6.04 Å². The predicted octanol–water partition coefficient (Wildman–Crippen LogP) is -0.837. The Morgan fingerprint density at radius 2 is 2.62 bits per heavy atom. The lowest BCUT2D eigenvalue weighted by Crippen LogP contribution is -2.31. The summed E-state index contributed by atoms with van der Waals surface area (Å²) < 4.78 is 0. The fourth-order valence-electron chi connectivity index (χ4n) is 1.20. The van der Waals surface area contributed by atoms with E-state index < -0.39 is 0 Å². The molecule has 0 bridgehead atoms. The molecule has 0 radical (unpaired) electrons. The average molecular weight is 111 g/mol. The molecule has 3 nitrogen and oxygen atoms in total. The molecule has 44 valence electrons. The van der Waals surface area contributed by atoms with E-state index in [9.17, 15) is 0 Å². The highest BCUT2D eigenvalue weighted by atomic mass is 15.4. The molecule has 0 saturated carbocycles. The van der Waals surface area contributed by atoms with Gasteiger partial charge in [-0.1, -0.05) is 0 Å². The minimum atomic E-state index is 0.523. The highest BCUT2D eigenvalue weighted by Gasteiger charge is 2.27. The van der Waals surface area contributed by atoms with Crippen molar-refractivity contribution in [1.82, 2.24) is 10.9 Å². The minimum absolute atomic E-state index is 0.523. The van der Waals surface area contributed by atoms with Gasteiger partial charge in [-0.25, -0.2) is 5.43 Å². The minimum Gasteiger partial charge on any atom is -0.295 e. The van der Waals surface area contributed by atoms with Gasteiger partial charge in [0, 0.05) is 25.2 Å². The van der Waals surface area contributed by atoms with Gasteiger partial charge in [-0.15, -0.1) is 0 Å². The van der Waals surface area contributed by atoms with Gasteiger partial charge in [0.1, 0.15) is 0 Å². The summed E-state index contributed by atoms with van der Waals surface area (Å²) in [7, 11) is 0. The normalized spacial score (nSPS) is 43.0. The van der Waals surface area contributed by atoms with Crippen LogP contribution in [0.5, 0.6) is 0 Å². The number of hydrazine groups is 1. The van der Waals surface area contributed by atoms with Gasteiger partial charge in [0.05, 0.1) is 6.04 Å². The molecule has 3 heteroatoms. The third-order valence-corrected chi connectivity index (χ3v) is 1.75. The van der Waals surface area contributed by atoms with Gasteiger partial charge in [0.2, 0.25) is 0 Å². The predicted molar refractivity (Wildman–Crippen MR) is 31.8 cm³/mol. The van der Waals surface area contributed by atoms with Crippen LogP contribution in [-0.4, -0.2) is 25.3 Å². The Morgan fingerprint density at radius 1 is 1.62 bits per heavy atom. The van der Waals surface area contributed by atoms with Gasteiger partial charge in [-0.05, 0) is 0 Å². The van der Waals surface area contributed by atoms with E-state index in [1.807, 2.05) is 6.21 Å². The molecular weight excluding hydrogens is 102 g/mol. The SMILES string of the molecule is C1=NCC2CNNC12. The van der Waals surface area contributed by atoms with Crippen LogP contribution in [0.25, 0.3) is 0 Å². The van der Waals surface area contributed by atoms with Crippen LogP contribution in [0.15, 0.2) is 4.99 Å². The third kappa shape index (κ3) is 0.485. The molecule has 8 heavy (non-hydrogen) atoms. The fourth-order valence-corrected chi connectivity index (χ4v) is 1.20. The maximum Gasteiger partial charge on any atom is 0.0619 e. The summed E-state index contributed by atoms with van der Waals surface area (Å²) in [6.07, 6.45) is 1.99. The van der Waals surface area contributed by atoms with Crippen LogP contribution in [0.1, 0.15) is 0 Å². The van der Waals surface area contributed by atoms with Crippen LogP contribution in [-0.2, 0) is 0 Å². The van der Waals surface area contributed by atoms with Crippen molar-refractivity contribution in [3.05, 3.63) is 0 Å². The molecule has 0 spiro atoms. The largest absolute Gasteiger partial charge is 0.295 e. The van der Waals surface area contributed by atoms with Crippen molar-refractivity contribution < 1.29 is 0 Å². The second-order valence-electron chi connectivity index (χ2n) is 2.33. The number of hydrogen-bond acceptors (Lipinski definition) is 3. The van der Waals surface area contributed by atoms with Gasteiger partial charge >= 0.3 is 0 Å². The summed E-state index contributed by atoms with van der Waals surface area (Å²) in [5.74, 6) is 0.731. The Hall–Kier alpha value is -0.410. The molecule has 2 heterocycles. The third-order valence-electron chi connectivity index (χ3n) is 1.75. The van der Waals surface area contributed by atoms with Crippen molar-refractivity contribution in [3.8, 4) is 0 Å². The Kier molecular flexibility index (Phi) is 0.856. The average Bonchev–Trinajstić information content (AvgIpc) is 2.15. The molecule has 2 aliphatic heterocycles. The Morgan fingerprint density at radius 3 is 3.50 bits per heavy atom. The lowest BCUT2D eigenvalue weighted by atomic mass is 10.1. The van der Waals surface area contributed by atoms with E-state index in [-0.39, 0.29) is 0 Å². The lowest BCUT2D eigenvalue weighted by Gasteiger charge is -2.00. The monoisotopic (exact) mass is 111 g/mol. The summed E-state index contributed by atoms with van der Waals surface area (Å²) in [5.41, 5.74) is 6.20. The standard InChI is InChI=1S/C5H9N3/c1-4-2-7-8-5(4)3-6-1/h3-5,7-8H,1-2H2. The first-order valence-electron chi connectivity index (χ1n) is 2.95. The quantitative estimate of drug-likeness (QED) is 0.428. The first kappa shape index (κ1) is 4.47. The van der Waals surface area contributed by atoms with Crippen molar-refractivity contribution >= 4 is 6.21 Å². The van der Waals surface area contributed by atoms with E-state index >= 15 is 0 Å². The maximum absolute atomic E-state index is 4.14. The van der Waals surface area contributed by atoms with Crippen LogP contribution in [0.4, 0.5) is 0 Å². The van der Waals surface area contributed by atoms with Crippen LogP contribution in [0.2, 0.25) is 0 Å². The summed E-state index contributed by atoms with van der Waals surface area (Å²) in [6, 6.07) is 0.523. The van der Waals surface area contributed by atoms with E-state index in [0.717, 1.165) is 19.0 Å². The van der Waals surface area contributed by atoms with Gasteiger partial charge in [0.25, 0.3) is 0 Å². The molecule has 0 amide bonds. The summed E-state index contributed by atoms with van der Waals surface area (Å²) in [4.78, 5) is 4.14. The van der Waals surface area contributed by atoms with Crippen molar-refractivity contribution in [1.29, 1.82) is 0 Å². The smallest absolute Gasteiger partial charge is 0.0619 e. The molecule has 2 rings (SSSR count). The molecule has 0 aromatic carbocycles. The molecule has 0 aromatic rings. The second kappa shape index (κ2) is 1.53. The Labute approximate surface area is 48.2 Å². The summed E-state index contributed by atoms with van der Waals surface area (Å²) in [6.45, 7) is 2.08. The zero-order valence-electron chi connectivity index (χ0n) is 4.59. The van der Waals surface area contributed by atoms with E-state index in [4.69, 9.17) is 0 Å².